The Kier molecular flexibility index (Phi) is 5.06. The summed E-state index contributed by atoms with van der Waals surface area (Å²) in [5, 5.41) is 9.45. The first-order valence-corrected chi connectivity index (χ1v) is 7.99. The van der Waals surface area contributed by atoms with Crippen LogP contribution in [0.1, 0.15) is 23.1 Å². The van der Waals surface area contributed by atoms with E-state index in [1.54, 1.807) is 11.8 Å². The molecule has 0 radical (unpaired) electrons. The molecular formula is C18H20N2S. The zero-order valence-corrected chi connectivity index (χ0v) is 13.3. The van der Waals surface area contributed by atoms with Crippen LogP contribution in [0.2, 0.25) is 0 Å². The lowest BCUT2D eigenvalue weighted by molar-refractivity contribution is 0.560. The predicted octanol–water partition coefficient (Wildman–Crippen LogP) is 4.16. The van der Waals surface area contributed by atoms with Gasteiger partial charge in [-0.3, -0.25) is 0 Å². The predicted molar refractivity (Wildman–Crippen MR) is 89.2 cm³/mol. The van der Waals surface area contributed by atoms with E-state index in [2.05, 4.69) is 38.1 Å². The molecule has 0 amide bonds. The van der Waals surface area contributed by atoms with Crippen LogP contribution in [0.15, 0.2) is 53.4 Å². The van der Waals surface area contributed by atoms with Gasteiger partial charge in [-0.1, -0.05) is 48.0 Å². The number of hydrogen-bond acceptors (Lipinski definition) is 3. The Labute approximate surface area is 131 Å². The topological polar surface area (TPSA) is 49.8 Å². The number of hydrogen-bond donors (Lipinski definition) is 1. The minimum Gasteiger partial charge on any atom is -0.310 e. The molecule has 0 saturated carbocycles. The fraction of sp³-hybridized carbons (Fsp3) is 0.278. The first-order valence-electron chi connectivity index (χ1n) is 7.01. The van der Waals surface area contributed by atoms with Gasteiger partial charge in [-0.25, -0.2) is 0 Å². The number of benzene rings is 2. The number of rotatable bonds is 5. The molecule has 2 aromatic rings. The van der Waals surface area contributed by atoms with Gasteiger partial charge in [-0.2, -0.15) is 5.26 Å². The summed E-state index contributed by atoms with van der Waals surface area (Å²) in [6, 6.07) is 18.3. The second kappa shape index (κ2) is 6.80. The highest BCUT2D eigenvalue weighted by Gasteiger charge is 2.26. The minimum absolute atomic E-state index is 0.631. The lowest BCUT2D eigenvalue weighted by atomic mass is 9.90. The van der Waals surface area contributed by atoms with Crippen molar-refractivity contribution in [2.45, 2.75) is 30.7 Å². The summed E-state index contributed by atoms with van der Waals surface area (Å²) in [6.07, 6.45) is 0.631. The van der Waals surface area contributed by atoms with Crippen molar-refractivity contribution in [2.24, 2.45) is 5.73 Å². The first-order chi connectivity index (χ1) is 10.0. The van der Waals surface area contributed by atoms with Crippen molar-refractivity contribution in [1.82, 2.24) is 0 Å². The lowest BCUT2D eigenvalue weighted by Gasteiger charge is -2.22. The number of nitrogens with zero attached hydrogens (tertiary/aromatic N) is 1. The van der Waals surface area contributed by atoms with Crippen molar-refractivity contribution >= 4 is 11.8 Å². The molecule has 0 aliphatic heterocycles. The van der Waals surface area contributed by atoms with E-state index in [1.165, 1.54) is 16.0 Å². The summed E-state index contributed by atoms with van der Waals surface area (Å²) in [5.41, 5.74) is 8.77. The van der Waals surface area contributed by atoms with Crippen molar-refractivity contribution in [2.75, 3.05) is 5.75 Å². The van der Waals surface area contributed by atoms with Gasteiger partial charge in [0.1, 0.15) is 5.54 Å². The normalized spacial score (nSPS) is 13.4. The monoisotopic (exact) mass is 296 g/mol. The quantitative estimate of drug-likeness (QED) is 0.843. The molecule has 1 unspecified atom stereocenters. The molecule has 2 rings (SSSR count). The number of aryl methyl sites for hydroxylation is 2. The summed E-state index contributed by atoms with van der Waals surface area (Å²) in [7, 11) is 0. The fourth-order valence-corrected chi connectivity index (χ4v) is 3.39. The van der Waals surface area contributed by atoms with Gasteiger partial charge in [0.2, 0.25) is 0 Å². The van der Waals surface area contributed by atoms with Crippen molar-refractivity contribution in [3.8, 4) is 6.07 Å². The summed E-state index contributed by atoms with van der Waals surface area (Å²) >= 11 is 1.77. The van der Waals surface area contributed by atoms with E-state index < -0.39 is 5.54 Å². The van der Waals surface area contributed by atoms with E-state index in [4.69, 9.17) is 5.73 Å². The van der Waals surface area contributed by atoms with Gasteiger partial charge >= 0.3 is 0 Å². The van der Waals surface area contributed by atoms with Gasteiger partial charge in [0, 0.05) is 10.6 Å². The van der Waals surface area contributed by atoms with Gasteiger partial charge in [0.25, 0.3) is 0 Å². The van der Waals surface area contributed by atoms with Crippen LogP contribution in [0.5, 0.6) is 0 Å². The Balaban J connectivity index is 2.05. The average Bonchev–Trinajstić information content (AvgIpc) is 2.51. The highest BCUT2D eigenvalue weighted by Crippen LogP contribution is 2.28. The van der Waals surface area contributed by atoms with E-state index in [1.807, 2.05) is 30.3 Å². The standard InChI is InChI=1S/C18H20N2S/c1-14-8-9-15(2)17(12-14)21-11-10-18(20,13-19)16-6-4-3-5-7-16/h3-9,12H,10-11,20H2,1-2H3. The van der Waals surface area contributed by atoms with Crippen LogP contribution in [0, 0.1) is 25.2 Å². The van der Waals surface area contributed by atoms with Gasteiger partial charge in [-0.15, -0.1) is 11.8 Å². The number of thioether (sulfide) groups is 1. The van der Waals surface area contributed by atoms with Crippen LogP contribution in [0.25, 0.3) is 0 Å². The van der Waals surface area contributed by atoms with Crippen LogP contribution >= 0.6 is 11.8 Å². The summed E-state index contributed by atoms with van der Waals surface area (Å²) in [6.45, 7) is 4.20. The molecule has 2 aromatic carbocycles. The van der Waals surface area contributed by atoms with E-state index in [9.17, 15) is 5.26 Å². The van der Waals surface area contributed by atoms with Crippen molar-refractivity contribution < 1.29 is 0 Å². The Morgan fingerprint density at radius 3 is 2.52 bits per heavy atom. The highest BCUT2D eigenvalue weighted by atomic mass is 32.2. The maximum Gasteiger partial charge on any atom is 0.130 e. The smallest absolute Gasteiger partial charge is 0.130 e. The lowest BCUT2D eigenvalue weighted by Crippen LogP contribution is -2.35. The zero-order valence-electron chi connectivity index (χ0n) is 12.5. The third-order valence-electron chi connectivity index (χ3n) is 3.59. The van der Waals surface area contributed by atoms with Crippen molar-refractivity contribution in [3.63, 3.8) is 0 Å². The Morgan fingerprint density at radius 2 is 1.86 bits per heavy atom. The van der Waals surface area contributed by atoms with Crippen LogP contribution in [0.4, 0.5) is 0 Å². The zero-order chi connectivity index (χ0) is 15.3. The average molecular weight is 296 g/mol. The molecule has 0 heterocycles. The summed E-state index contributed by atoms with van der Waals surface area (Å²) in [5.74, 6) is 0.823. The number of nitrogens with two attached hydrogens (primary N) is 1. The van der Waals surface area contributed by atoms with Gasteiger partial charge in [-0.05, 0) is 37.5 Å². The molecule has 0 fully saturated rings. The van der Waals surface area contributed by atoms with Crippen LogP contribution < -0.4 is 5.73 Å². The molecule has 21 heavy (non-hydrogen) atoms. The minimum atomic E-state index is -0.911. The second-order valence-electron chi connectivity index (χ2n) is 5.32. The molecule has 1 atom stereocenters. The molecule has 0 aromatic heterocycles. The number of nitriles is 1. The molecule has 0 saturated heterocycles. The molecule has 0 aliphatic carbocycles. The third-order valence-corrected chi connectivity index (χ3v) is 4.75. The molecule has 2 N–H and O–H groups in total. The highest BCUT2D eigenvalue weighted by molar-refractivity contribution is 7.99. The largest absolute Gasteiger partial charge is 0.310 e. The molecule has 3 heteroatoms. The Morgan fingerprint density at radius 1 is 1.14 bits per heavy atom. The summed E-state index contributed by atoms with van der Waals surface area (Å²) < 4.78 is 0. The van der Waals surface area contributed by atoms with Gasteiger partial charge < -0.3 is 5.73 Å². The second-order valence-corrected chi connectivity index (χ2v) is 6.45. The van der Waals surface area contributed by atoms with Gasteiger partial charge in [0.05, 0.1) is 6.07 Å². The molecule has 0 bridgehead atoms. The van der Waals surface area contributed by atoms with Crippen LogP contribution in [-0.2, 0) is 5.54 Å². The van der Waals surface area contributed by atoms with Crippen molar-refractivity contribution in [3.05, 3.63) is 65.2 Å². The van der Waals surface area contributed by atoms with E-state index in [0.29, 0.717) is 6.42 Å². The molecule has 108 valence electrons. The maximum absolute atomic E-state index is 9.45. The van der Waals surface area contributed by atoms with Crippen LogP contribution in [-0.4, -0.2) is 5.75 Å². The Bertz CT molecular complexity index is 646. The molecule has 2 nitrogen and oxygen atoms in total. The fourth-order valence-electron chi connectivity index (χ4n) is 2.19. The van der Waals surface area contributed by atoms with Crippen LogP contribution in [0.3, 0.4) is 0 Å². The van der Waals surface area contributed by atoms with E-state index >= 15 is 0 Å². The van der Waals surface area contributed by atoms with Gasteiger partial charge in [0.15, 0.2) is 0 Å². The van der Waals surface area contributed by atoms with Crippen molar-refractivity contribution in [1.29, 1.82) is 5.26 Å². The van der Waals surface area contributed by atoms with E-state index in [0.717, 1.165) is 11.3 Å². The maximum atomic E-state index is 9.45. The molecule has 0 aliphatic rings. The van der Waals surface area contributed by atoms with E-state index in [-0.39, 0.29) is 0 Å². The third kappa shape index (κ3) is 3.87. The Hall–Kier alpha value is -1.76. The summed E-state index contributed by atoms with van der Waals surface area (Å²) in [4.78, 5) is 1.27. The SMILES string of the molecule is Cc1ccc(C)c(SCCC(N)(C#N)c2ccccc2)c1. The first kappa shape index (κ1) is 15.6. The molecular weight excluding hydrogens is 276 g/mol. The molecule has 0 spiro atoms.